The van der Waals surface area contributed by atoms with Crippen molar-refractivity contribution < 1.29 is 33.3 Å². The SMILES string of the molecule is COc1cccc(C=CC(=O)c2ccc(OC(=O)c3cc(OC)c(OC)c(OC)c3)cc2)c1. The molecular formula is C26H24O7. The third-order valence-corrected chi connectivity index (χ3v) is 4.77. The van der Waals surface area contributed by atoms with Crippen LogP contribution in [0.25, 0.3) is 6.08 Å². The summed E-state index contributed by atoms with van der Waals surface area (Å²) < 4.78 is 26.4. The molecule has 0 saturated heterocycles. The molecule has 0 unspecified atom stereocenters. The number of carbonyl (C=O) groups excluding carboxylic acids is 2. The highest BCUT2D eigenvalue weighted by atomic mass is 16.5. The van der Waals surface area contributed by atoms with Gasteiger partial charge in [0.1, 0.15) is 11.5 Å². The van der Waals surface area contributed by atoms with Crippen molar-refractivity contribution in [2.24, 2.45) is 0 Å². The molecule has 0 spiro atoms. The molecule has 33 heavy (non-hydrogen) atoms. The Morgan fingerprint density at radius 3 is 1.94 bits per heavy atom. The standard InChI is InChI=1S/C26H24O7/c1-29-21-7-5-6-17(14-21)8-13-22(27)18-9-11-20(12-10-18)33-26(28)19-15-23(30-2)25(32-4)24(16-19)31-3/h5-16H,1-4H3. The number of ether oxygens (including phenoxy) is 5. The first-order valence-corrected chi connectivity index (χ1v) is 9.97. The largest absolute Gasteiger partial charge is 0.497 e. The van der Waals surface area contributed by atoms with E-state index in [1.807, 2.05) is 24.3 Å². The summed E-state index contributed by atoms with van der Waals surface area (Å²) in [7, 11) is 5.99. The Hall–Kier alpha value is -4.26. The second-order valence-electron chi connectivity index (χ2n) is 6.80. The lowest BCUT2D eigenvalue weighted by molar-refractivity contribution is 0.0733. The minimum atomic E-state index is -0.605. The third kappa shape index (κ3) is 5.71. The van der Waals surface area contributed by atoms with Crippen molar-refractivity contribution in [1.82, 2.24) is 0 Å². The highest BCUT2D eigenvalue weighted by Crippen LogP contribution is 2.38. The van der Waals surface area contributed by atoms with Gasteiger partial charge in [0.25, 0.3) is 0 Å². The Balaban J connectivity index is 1.71. The van der Waals surface area contributed by atoms with E-state index in [9.17, 15) is 9.59 Å². The Kier molecular flexibility index (Phi) is 7.70. The molecule has 3 rings (SSSR count). The molecule has 0 fully saturated rings. The molecule has 0 bridgehead atoms. The number of hydrogen-bond donors (Lipinski definition) is 0. The summed E-state index contributed by atoms with van der Waals surface area (Å²) in [5.74, 6) is 1.28. The zero-order chi connectivity index (χ0) is 23.8. The molecule has 0 amide bonds. The Bertz CT molecular complexity index is 1140. The fraction of sp³-hybridized carbons (Fsp3) is 0.154. The van der Waals surface area contributed by atoms with E-state index in [0.717, 1.165) is 5.56 Å². The van der Waals surface area contributed by atoms with E-state index in [1.54, 1.807) is 37.5 Å². The Morgan fingerprint density at radius 1 is 0.697 bits per heavy atom. The van der Waals surface area contributed by atoms with Crippen molar-refractivity contribution in [3.05, 3.63) is 83.4 Å². The van der Waals surface area contributed by atoms with Crippen molar-refractivity contribution in [1.29, 1.82) is 0 Å². The van der Waals surface area contributed by atoms with Gasteiger partial charge < -0.3 is 23.7 Å². The van der Waals surface area contributed by atoms with E-state index < -0.39 is 5.97 Å². The smallest absolute Gasteiger partial charge is 0.343 e. The summed E-state index contributed by atoms with van der Waals surface area (Å²) in [6.45, 7) is 0. The summed E-state index contributed by atoms with van der Waals surface area (Å²) in [6.07, 6.45) is 3.19. The molecule has 0 aliphatic rings. The minimum absolute atomic E-state index is 0.180. The van der Waals surface area contributed by atoms with Crippen LogP contribution in [0.15, 0.2) is 66.7 Å². The van der Waals surface area contributed by atoms with E-state index in [0.29, 0.717) is 34.3 Å². The highest BCUT2D eigenvalue weighted by Gasteiger charge is 2.18. The van der Waals surface area contributed by atoms with Gasteiger partial charge in [-0.2, -0.15) is 0 Å². The first kappa shape index (κ1) is 23.4. The van der Waals surface area contributed by atoms with Gasteiger partial charge in [-0.25, -0.2) is 4.79 Å². The lowest BCUT2D eigenvalue weighted by atomic mass is 10.1. The van der Waals surface area contributed by atoms with Crippen LogP contribution in [-0.2, 0) is 0 Å². The van der Waals surface area contributed by atoms with Crippen molar-refractivity contribution >= 4 is 17.8 Å². The number of benzene rings is 3. The van der Waals surface area contributed by atoms with Gasteiger partial charge in [0.2, 0.25) is 5.75 Å². The van der Waals surface area contributed by atoms with Crippen LogP contribution in [0.2, 0.25) is 0 Å². The van der Waals surface area contributed by atoms with Crippen molar-refractivity contribution in [3.63, 3.8) is 0 Å². The monoisotopic (exact) mass is 448 g/mol. The van der Waals surface area contributed by atoms with Gasteiger partial charge >= 0.3 is 5.97 Å². The molecular weight excluding hydrogens is 424 g/mol. The van der Waals surface area contributed by atoms with Crippen molar-refractivity contribution in [2.45, 2.75) is 0 Å². The van der Waals surface area contributed by atoms with Gasteiger partial charge in [-0.15, -0.1) is 0 Å². The molecule has 3 aromatic rings. The molecule has 0 atom stereocenters. The predicted molar refractivity (Wildman–Crippen MR) is 124 cm³/mol. The summed E-state index contributed by atoms with van der Waals surface area (Å²) >= 11 is 0. The van der Waals surface area contributed by atoms with Gasteiger partial charge in [-0.05, 0) is 60.2 Å². The van der Waals surface area contributed by atoms with Gasteiger partial charge in [-0.3, -0.25) is 4.79 Å². The Labute approximate surface area is 192 Å². The van der Waals surface area contributed by atoms with Crippen LogP contribution in [0.1, 0.15) is 26.3 Å². The number of allylic oxidation sites excluding steroid dienone is 1. The molecule has 3 aromatic carbocycles. The first-order valence-electron chi connectivity index (χ1n) is 9.97. The molecule has 0 aromatic heterocycles. The van der Waals surface area contributed by atoms with Crippen molar-refractivity contribution in [2.75, 3.05) is 28.4 Å². The van der Waals surface area contributed by atoms with Crippen molar-refractivity contribution in [3.8, 4) is 28.7 Å². The van der Waals surface area contributed by atoms with Gasteiger partial charge in [0, 0.05) is 5.56 Å². The zero-order valence-corrected chi connectivity index (χ0v) is 18.8. The fourth-order valence-corrected chi connectivity index (χ4v) is 3.07. The number of hydrogen-bond acceptors (Lipinski definition) is 7. The molecule has 170 valence electrons. The second kappa shape index (κ2) is 10.9. The number of methoxy groups -OCH3 is 4. The van der Waals surface area contributed by atoms with Crippen LogP contribution in [0, 0.1) is 0 Å². The quantitative estimate of drug-likeness (QED) is 0.201. The van der Waals surface area contributed by atoms with Crippen LogP contribution in [0.3, 0.4) is 0 Å². The average molecular weight is 448 g/mol. The molecule has 0 aliphatic heterocycles. The summed E-state index contributed by atoms with van der Waals surface area (Å²) in [5, 5.41) is 0. The number of ketones is 1. The van der Waals surface area contributed by atoms with Crippen LogP contribution >= 0.6 is 0 Å². The predicted octanol–water partition coefficient (Wildman–Crippen LogP) is 4.84. The second-order valence-corrected chi connectivity index (χ2v) is 6.80. The van der Waals surface area contributed by atoms with E-state index in [1.165, 1.54) is 39.5 Å². The number of esters is 1. The van der Waals surface area contributed by atoms with Gasteiger partial charge in [0.15, 0.2) is 17.3 Å². The molecule has 0 aliphatic carbocycles. The van der Waals surface area contributed by atoms with E-state index >= 15 is 0 Å². The average Bonchev–Trinajstić information content (AvgIpc) is 2.86. The molecule has 0 saturated carbocycles. The lowest BCUT2D eigenvalue weighted by Gasteiger charge is -2.13. The molecule has 0 N–H and O–H groups in total. The van der Waals surface area contributed by atoms with E-state index in [4.69, 9.17) is 23.7 Å². The van der Waals surface area contributed by atoms with E-state index in [-0.39, 0.29) is 11.3 Å². The van der Waals surface area contributed by atoms with Crippen LogP contribution in [0.4, 0.5) is 0 Å². The van der Waals surface area contributed by atoms with Gasteiger partial charge in [-0.1, -0.05) is 18.2 Å². The number of carbonyl (C=O) groups is 2. The van der Waals surface area contributed by atoms with E-state index in [2.05, 4.69) is 0 Å². The topological polar surface area (TPSA) is 80.3 Å². The first-order chi connectivity index (χ1) is 16.0. The highest BCUT2D eigenvalue weighted by molar-refractivity contribution is 6.07. The summed E-state index contributed by atoms with van der Waals surface area (Å²) in [5.41, 5.74) is 1.53. The van der Waals surface area contributed by atoms with Gasteiger partial charge in [0.05, 0.1) is 34.0 Å². The fourth-order valence-electron chi connectivity index (χ4n) is 3.07. The normalized spacial score (nSPS) is 10.5. The van der Waals surface area contributed by atoms with Crippen LogP contribution in [0.5, 0.6) is 28.7 Å². The molecule has 0 heterocycles. The third-order valence-electron chi connectivity index (χ3n) is 4.77. The molecule has 7 nitrogen and oxygen atoms in total. The maximum Gasteiger partial charge on any atom is 0.343 e. The maximum absolute atomic E-state index is 12.6. The minimum Gasteiger partial charge on any atom is -0.497 e. The Morgan fingerprint density at radius 2 is 1.36 bits per heavy atom. The van der Waals surface area contributed by atoms with Crippen LogP contribution < -0.4 is 23.7 Å². The van der Waals surface area contributed by atoms with Crippen LogP contribution in [-0.4, -0.2) is 40.2 Å². The summed E-state index contributed by atoms with van der Waals surface area (Å²) in [4.78, 5) is 25.1. The molecule has 7 heteroatoms. The summed E-state index contributed by atoms with van der Waals surface area (Å²) in [6, 6.07) is 16.7. The number of rotatable bonds is 9. The molecule has 0 radical (unpaired) electrons. The lowest BCUT2D eigenvalue weighted by Crippen LogP contribution is -2.10. The maximum atomic E-state index is 12.6. The zero-order valence-electron chi connectivity index (χ0n) is 18.8.